The van der Waals surface area contributed by atoms with Crippen LogP contribution < -0.4 is 0 Å². The summed E-state index contributed by atoms with van der Waals surface area (Å²) in [5.41, 5.74) is 5.13. The van der Waals surface area contributed by atoms with Gasteiger partial charge in [0.25, 0.3) is 0 Å². The minimum Gasteiger partial charge on any atom is -0.390 e. The number of benzene rings is 1. The van der Waals surface area contributed by atoms with E-state index in [9.17, 15) is 5.11 Å². The van der Waals surface area contributed by atoms with E-state index in [2.05, 4.69) is 32.9 Å². The van der Waals surface area contributed by atoms with Crippen LogP contribution in [0.1, 0.15) is 42.0 Å². The summed E-state index contributed by atoms with van der Waals surface area (Å²) in [6, 6.07) is 4.39. The summed E-state index contributed by atoms with van der Waals surface area (Å²) >= 11 is 0. The van der Waals surface area contributed by atoms with Crippen molar-refractivity contribution in [2.75, 3.05) is 6.61 Å². The lowest BCUT2D eigenvalue weighted by Gasteiger charge is -2.24. The molecule has 106 valence electrons. The Labute approximate surface area is 116 Å². The smallest absolute Gasteiger partial charge is 0.0865 e. The van der Waals surface area contributed by atoms with E-state index >= 15 is 0 Å². The van der Waals surface area contributed by atoms with Crippen molar-refractivity contribution < 1.29 is 9.84 Å². The summed E-state index contributed by atoms with van der Waals surface area (Å²) in [5.74, 6) is 0.570. The van der Waals surface area contributed by atoms with Gasteiger partial charge in [0, 0.05) is 13.0 Å². The molecule has 1 aromatic rings. The van der Waals surface area contributed by atoms with Gasteiger partial charge in [0.1, 0.15) is 0 Å². The van der Waals surface area contributed by atoms with Crippen molar-refractivity contribution >= 4 is 0 Å². The van der Waals surface area contributed by atoms with Crippen molar-refractivity contribution in [3.05, 3.63) is 34.4 Å². The molecule has 1 saturated carbocycles. The fourth-order valence-corrected chi connectivity index (χ4v) is 3.04. The van der Waals surface area contributed by atoms with Crippen LogP contribution in [0.5, 0.6) is 0 Å². The second-order valence-corrected chi connectivity index (χ2v) is 5.91. The number of aliphatic hydroxyl groups excluding tert-OH is 1. The van der Waals surface area contributed by atoms with Gasteiger partial charge in [-0.25, -0.2) is 0 Å². The zero-order valence-electron chi connectivity index (χ0n) is 12.6. The second-order valence-electron chi connectivity index (χ2n) is 5.91. The van der Waals surface area contributed by atoms with E-state index in [0.717, 1.165) is 0 Å². The summed E-state index contributed by atoms with van der Waals surface area (Å²) in [6.07, 6.45) is 2.75. The first-order valence-electron chi connectivity index (χ1n) is 7.39. The molecule has 0 amide bonds. The number of hydrogen-bond donors (Lipinski definition) is 1. The SMILES string of the molecule is CCOC(C(O)Cc1c(C)cc(C)cc1C)C1CC1. The highest BCUT2D eigenvalue weighted by Gasteiger charge is 2.36. The molecule has 2 rings (SSSR count). The Kier molecular flexibility index (Phi) is 4.64. The molecule has 2 heteroatoms. The Morgan fingerprint density at radius 1 is 1.21 bits per heavy atom. The summed E-state index contributed by atoms with van der Waals surface area (Å²) < 4.78 is 5.75. The monoisotopic (exact) mass is 262 g/mol. The van der Waals surface area contributed by atoms with E-state index in [1.54, 1.807) is 0 Å². The minimum atomic E-state index is -0.382. The van der Waals surface area contributed by atoms with Crippen LogP contribution in [0.15, 0.2) is 12.1 Å². The van der Waals surface area contributed by atoms with Crippen LogP contribution in [0.3, 0.4) is 0 Å². The van der Waals surface area contributed by atoms with Crippen molar-refractivity contribution in [3.63, 3.8) is 0 Å². The lowest BCUT2D eigenvalue weighted by Crippen LogP contribution is -2.33. The Morgan fingerprint density at radius 3 is 2.26 bits per heavy atom. The second kappa shape index (κ2) is 6.06. The number of aliphatic hydroxyl groups is 1. The molecule has 1 fully saturated rings. The summed E-state index contributed by atoms with van der Waals surface area (Å²) in [5, 5.41) is 10.5. The van der Waals surface area contributed by atoms with E-state index in [1.165, 1.54) is 35.1 Å². The van der Waals surface area contributed by atoms with Crippen LogP contribution in [-0.4, -0.2) is 23.9 Å². The van der Waals surface area contributed by atoms with Gasteiger partial charge in [-0.1, -0.05) is 17.7 Å². The lowest BCUT2D eigenvalue weighted by atomic mass is 9.92. The molecule has 0 aromatic heterocycles. The predicted molar refractivity (Wildman–Crippen MR) is 78.5 cm³/mol. The maximum absolute atomic E-state index is 10.5. The first-order chi connectivity index (χ1) is 9.02. The molecule has 1 aliphatic carbocycles. The molecular formula is C17H26O2. The molecule has 2 nitrogen and oxygen atoms in total. The molecule has 2 unspecified atom stereocenters. The average Bonchev–Trinajstić information content (AvgIpc) is 3.14. The van der Waals surface area contributed by atoms with E-state index in [0.29, 0.717) is 18.9 Å². The maximum Gasteiger partial charge on any atom is 0.0865 e. The molecule has 0 aliphatic heterocycles. The number of rotatable bonds is 6. The summed E-state index contributed by atoms with van der Waals surface area (Å²) in [7, 11) is 0. The van der Waals surface area contributed by atoms with Gasteiger partial charge in [0.05, 0.1) is 12.2 Å². The summed E-state index contributed by atoms with van der Waals surface area (Å²) in [4.78, 5) is 0. The van der Waals surface area contributed by atoms with Crippen LogP contribution in [-0.2, 0) is 11.2 Å². The van der Waals surface area contributed by atoms with Gasteiger partial charge in [-0.15, -0.1) is 0 Å². The number of hydrogen-bond acceptors (Lipinski definition) is 2. The Morgan fingerprint density at radius 2 is 1.79 bits per heavy atom. The normalized spacial score (nSPS) is 18.4. The molecule has 1 aromatic carbocycles. The van der Waals surface area contributed by atoms with Crippen molar-refractivity contribution in [2.24, 2.45) is 5.92 Å². The van der Waals surface area contributed by atoms with Crippen LogP contribution in [0.25, 0.3) is 0 Å². The highest BCUT2D eigenvalue weighted by Crippen LogP contribution is 2.36. The highest BCUT2D eigenvalue weighted by atomic mass is 16.5. The van der Waals surface area contributed by atoms with Crippen LogP contribution >= 0.6 is 0 Å². The Balaban J connectivity index is 2.11. The Bertz CT molecular complexity index is 412. The minimum absolute atomic E-state index is 0.0186. The molecular weight excluding hydrogens is 236 g/mol. The number of ether oxygens (including phenoxy) is 1. The third-order valence-corrected chi connectivity index (χ3v) is 4.08. The summed E-state index contributed by atoms with van der Waals surface area (Å²) in [6.45, 7) is 9.08. The zero-order chi connectivity index (χ0) is 14.0. The molecule has 1 N–H and O–H groups in total. The predicted octanol–water partition coefficient (Wildman–Crippen LogP) is 3.33. The average molecular weight is 262 g/mol. The van der Waals surface area contributed by atoms with Crippen molar-refractivity contribution in [1.82, 2.24) is 0 Å². The van der Waals surface area contributed by atoms with Gasteiger partial charge < -0.3 is 9.84 Å². The van der Waals surface area contributed by atoms with Gasteiger partial charge in [-0.3, -0.25) is 0 Å². The van der Waals surface area contributed by atoms with E-state index in [-0.39, 0.29) is 12.2 Å². The number of aryl methyl sites for hydroxylation is 3. The van der Waals surface area contributed by atoms with E-state index in [1.807, 2.05) is 6.92 Å². The molecule has 0 heterocycles. The first-order valence-corrected chi connectivity index (χ1v) is 7.39. The topological polar surface area (TPSA) is 29.5 Å². The molecule has 2 atom stereocenters. The molecule has 0 spiro atoms. The largest absolute Gasteiger partial charge is 0.390 e. The first kappa shape index (κ1) is 14.5. The molecule has 0 radical (unpaired) electrons. The van der Waals surface area contributed by atoms with E-state index in [4.69, 9.17) is 4.74 Å². The molecule has 1 aliphatic rings. The van der Waals surface area contributed by atoms with Crippen molar-refractivity contribution in [2.45, 2.75) is 59.2 Å². The quantitative estimate of drug-likeness (QED) is 0.852. The molecule has 19 heavy (non-hydrogen) atoms. The molecule has 0 saturated heterocycles. The van der Waals surface area contributed by atoms with Crippen LogP contribution in [0, 0.1) is 26.7 Å². The van der Waals surface area contributed by atoms with Crippen molar-refractivity contribution in [1.29, 1.82) is 0 Å². The van der Waals surface area contributed by atoms with Gasteiger partial charge in [0.15, 0.2) is 0 Å². The maximum atomic E-state index is 10.5. The van der Waals surface area contributed by atoms with Gasteiger partial charge in [-0.05, 0) is 63.1 Å². The zero-order valence-corrected chi connectivity index (χ0v) is 12.6. The highest BCUT2D eigenvalue weighted by molar-refractivity contribution is 5.38. The van der Waals surface area contributed by atoms with Crippen LogP contribution in [0.4, 0.5) is 0 Å². The van der Waals surface area contributed by atoms with Crippen LogP contribution in [0.2, 0.25) is 0 Å². The Hall–Kier alpha value is -0.860. The third kappa shape index (κ3) is 3.58. The van der Waals surface area contributed by atoms with Gasteiger partial charge in [0.2, 0.25) is 0 Å². The van der Waals surface area contributed by atoms with Gasteiger partial charge in [-0.2, -0.15) is 0 Å². The fourth-order valence-electron chi connectivity index (χ4n) is 3.04. The molecule has 0 bridgehead atoms. The van der Waals surface area contributed by atoms with Crippen molar-refractivity contribution in [3.8, 4) is 0 Å². The van der Waals surface area contributed by atoms with Gasteiger partial charge >= 0.3 is 0 Å². The fraction of sp³-hybridized carbons (Fsp3) is 0.647. The van der Waals surface area contributed by atoms with E-state index < -0.39 is 0 Å². The third-order valence-electron chi connectivity index (χ3n) is 4.08. The standard InChI is InChI=1S/C17H26O2/c1-5-19-17(14-6-7-14)16(18)10-15-12(3)8-11(2)9-13(15)4/h8-9,14,16-18H,5-7,10H2,1-4H3. The lowest BCUT2D eigenvalue weighted by molar-refractivity contribution is -0.0440.